The number of hydrogen-bond donors (Lipinski definition) is 3. The molecule has 2 aromatic heterocycles. The Morgan fingerprint density at radius 3 is 2.23 bits per heavy atom. The number of carbonyl (C=O) groups excluding carboxylic acids is 1. The van der Waals surface area contributed by atoms with E-state index in [1.165, 1.54) is 29.5 Å². The second kappa shape index (κ2) is 12.4. The number of aromatic amines is 1. The molecule has 0 saturated heterocycles. The summed E-state index contributed by atoms with van der Waals surface area (Å²) in [7, 11) is 0. The Hall–Kier alpha value is -4.71. The molecule has 4 aromatic rings. The average Bonchev–Trinajstić information content (AvgIpc) is 3.63. The van der Waals surface area contributed by atoms with Crippen LogP contribution in [0, 0.1) is 0 Å². The van der Waals surface area contributed by atoms with Crippen LogP contribution >= 0.6 is 0 Å². The maximum Gasteiger partial charge on any atom is 0.491 e. The van der Waals surface area contributed by atoms with Crippen LogP contribution in [0.2, 0.25) is 0 Å². The minimum atomic E-state index is -5.35. The molecule has 0 radical (unpaired) electrons. The molecule has 2 heterocycles. The van der Waals surface area contributed by atoms with E-state index in [-0.39, 0.29) is 6.42 Å². The molecule has 0 bridgehead atoms. The van der Waals surface area contributed by atoms with E-state index in [4.69, 9.17) is 0 Å². The highest BCUT2D eigenvalue weighted by molar-refractivity contribution is 5.95. The molecule has 0 unspecified atom stereocenters. The number of benzene rings is 2. The van der Waals surface area contributed by atoms with Gasteiger partial charge in [-0.25, -0.2) is 14.8 Å². The lowest BCUT2D eigenvalue weighted by molar-refractivity contribution is -0.191. The molecule has 0 amide bonds. The lowest BCUT2D eigenvalue weighted by atomic mass is 10.0. The van der Waals surface area contributed by atoms with Gasteiger partial charge in [0.25, 0.3) is 0 Å². The molecule has 12 heteroatoms. The molecule has 40 heavy (non-hydrogen) atoms. The lowest BCUT2D eigenvalue weighted by Gasteiger charge is -2.21. The van der Waals surface area contributed by atoms with Crippen molar-refractivity contribution in [1.29, 1.82) is 0 Å². The van der Waals surface area contributed by atoms with Crippen LogP contribution in [0.3, 0.4) is 0 Å². The number of aliphatic carboxylic acids is 1. The predicted octanol–water partition coefficient (Wildman–Crippen LogP) is 4.67. The van der Waals surface area contributed by atoms with Gasteiger partial charge in [0.15, 0.2) is 0 Å². The van der Waals surface area contributed by atoms with E-state index in [9.17, 15) is 33.0 Å². The summed E-state index contributed by atoms with van der Waals surface area (Å²) in [6.07, 6.45) is -0.260. The average molecular weight is 555 g/mol. The zero-order valence-electron chi connectivity index (χ0n) is 21.0. The largest absolute Gasteiger partial charge is 0.491 e. The zero-order chi connectivity index (χ0) is 28.7. The molecule has 208 valence electrons. The second-order valence-corrected chi connectivity index (χ2v) is 8.88. The standard InChI is InChI=1S/C28H25F3N4O5/c29-28(30,31)27(39)40-26(34-23(16-36)12-22-14-32-17-33-22)24(13-25(37)38)35-11-10-21(15-35)20-8-6-19(7-9-20)18-4-2-1-3-5-18/h1-11,14-15,17,23-24,36H,12-13,16H2,(H,32,33)(H,37,38)/t23-,24+/m0/s1. The molecule has 0 spiro atoms. The maximum absolute atomic E-state index is 13.1. The third kappa shape index (κ3) is 7.23. The topological polar surface area (TPSA) is 130 Å². The number of nitrogens with zero attached hydrogens (tertiary/aromatic N) is 3. The van der Waals surface area contributed by atoms with Gasteiger partial charge in [0.05, 0.1) is 25.4 Å². The fourth-order valence-corrected chi connectivity index (χ4v) is 4.06. The van der Waals surface area contributed by atoms with Crippen LogP contribution in [0.15, 0.2) is 90.6 Å². The SMILES string of the molecule is O=C(O)C[C@H](C(=N[C@H](CO)Cc1cnc[nH]1)OC(=O)C(F)(F)F)n1ccc(-c2ccc(-c3ccccc3)cc2)c1. The number of rotatable bonds is 10. The van der Waals surface area contributed by atoms with Crippen molar-refractivity contribution in [1.82, 2.24) is 14.5 Å². The van der Waals surface area contributed by atoms with E-state index in [1.54, 1.807) is 6.07 Å². The third-order valence-corrected chi connectivity index (χ3v) is 6.01. The van der Waals surface area contributed by atoms with Gasteiger partial charge in [-0.15, -0.1) is 0 Å². The Morgan fingerprint density at radius 2 is 1.65 bits per heavy atom. The summed E-state index contributed by atoms with van der Waals surface area (Å²) in [5.41, 5.74) is 3.93. The summed E-state index contributed by atoms with van der Waals surface area (Å²) in [6, 6.07) is 16.4. The molecule has 0 saturated carbocycles. The molecule has 0 aliphatic rings. The molecule has 2 aromatic carbocycles. The number of aliphatic imine (C=N–C) groups is 1. The second-order valence-electron chi connectivity index (χ2n) is 8.88. The quantitative estimate of drug-likeness (QED) is 0.148. The van der Waals surface area contributed by atoms with Gasteiger partial charge in [-0.3, -0.25) is 4.79 Å². The van der Waals surface area contributed by atoms with Crippen LogP contribution in [0.25, 0.3) is 22.3 Å². The van der Waals surface area contributed by atoms with Crippen molar-refractivity contribution >= 4 is 17.8 Å². The van der Waals surface area contributed by atoms with E-state index >= 15 is 0 Å². The van der Waals surface area contributed by atoms with Crippen LogP contribution in [-0.2, 0) is 20.7 Å². The van der Waals surface area contributed by atoms with Crippen molar-refractivity contribution in [2.24, 2.45) is 4.99 Å². The van der Waals surface area contributed by atoms with Crippen molar-refractivity contribution in [2.45, 2.75) is 31.1 Å². The molecule has 0 aliphatic carbocycles. The van der Waals surface area contributed by atoms with E-state index in [1.807, 2.05) is 54.6 Å². The normalized spacial score (nSPS) is 13.6. The first kappa shape index (κ1) is 28.3. The molecular formula is C28H25F3N4O5. The van der Waals surface area contributed by atoms with Crippen molar-refractivity contribution in [2.75, 3.05) is 6.61 Å². The summed E-state index contributed by atoms with van der Waals surface area (Å²) < 4.78 is 45.3. The van der Waals surface area contributed by atoms with Crippen molar-refractivity contribution in [3.63, 3.8) is 0 Å². The van der Waals surface area contributed by atoms with Gasteiger partial charge < -0.3 is 24.5 Å². The van der Waals surface area contributed by atoms with Gasteiger partial charge in [-0.1, -0.05) is 54.6 Å². The zero-order valence-corrected chi connectivity index (χ0v) is 21.0. The Morgan fingerprint density at radius 1 is 1.00 bits per heavy atom. The van der Waals surface area contributed by atoms with E-state index in [0.29, 0.717) is 11.3 Å². The number of hydrogen-bond acceptors (Lipinski definition) is 6. The van der Waals surface area contributed by atoms with E-state index < -0.39 is 49.1 Å². The van der Waals surface area contributed by atoms with Gasteiger partial charge in [-0.05, 0) is 28.3 Å². The number of alkyl halides is 3. The predicted molar refractivity (Wildman–Crippen MR) is 139 cm³/mol. The highest BCUT2D eigenvalue weighted by Crippen LogP contribution is 2.28. The number of aliphatic hydroxyl groups excluding tert-OH is 1. The Balaban J connectivity index is 1.68. The number of imidazole rings is 1. The minimum absolute atomic E-state index is 0.0219. The number of H-pyrrole nitrogens is 1. The van der Waals surface area contributed by atoms with E-state index in [0.717, 1.165) is 16.7 Å². The van der Waals surface area contributed by atoms with Crippen LogP contribution < -0.4 is 0 Å². The Bertz CT molecular complexity index is 1450. The van der Waals surface area contributed by atoms with Gasteiger partial charge in [0.2, 0.25) is 5.90 Å². The van der Waals surface area contributed by atoms with Crippen LogP contribution in [0.5, 0.6) is 0 Å². The van der Waals surface area contributed by atoms with E-state index in [2.05, 4.69) is 19.7 Å². The highest BCUT2D eigenvalue weighted by atomic mass is 19.4. The molecule has 3 N–H and O–H groups in total. The van der Waals surface area contributed by atoms with Crippen molar-refractivity contribution in [3.8, 4) is 22.3 Å². The van der Waals surface area contributed by atoms with Crippen molar-refractivity contribution < 1.29 is 37.7 Å². The molecule has 2 atom stereocenters. The third-order valence-electron chi connectivity index (χ3n) is 6.01. The maximum atomic E-state index is 13.1. The summed E-state index contributed by atoms with van der Waals surface area (Å²) in [5, 5.41) is 19.4. The smallest absolute Gasteiger partial charge is 0.481 e. The number of aliphatic hydroxyl groups is 1. The minimum Gasteiger partial charge on any atom is -0.481 e. The van der Waals surface area contributed by atoms with Crippen LogP contribution in [0.1, 0.15) is 18.2 Å². The van der Waals surface area contributed by atoms with Crippen molar-refractivity contribution in [3.05, 3.63) is 91.3 Å². The Kier molecular flexibility index (Phi) is 8.80. The number of carbonyl (C=O) groups is 2. The summed E-state index contributed by atoms with van der Waals surface area (Å²) in [4.78, 5) is 34.2. The number of carboxylic acid groups (broad SMARTS) is 1. The monoisotopic (exact) mass is 554 g/mol. The molecular weight excluding hydrogens is 529 g/mol. The molecule has 4 rings (SSSR count). The van der Waals surface area contributed by atoms with Gasteiger partial charge >= 0.3 is 18.1 Å². The number of halogens is 3. The fourth-order valence-electron chi connectivity index (χ4n) is 4.06. The lowest BCUT2D eigenvalue weighted by Crippen LogP contribution is -2.34. The van der Waals surface area contributed by atoms with Crippen LogP contribution in [-0.4, -0.2) is 61.4 Å². The molecule has 9 nitrogen and oxygen atoms in total. The first-order valence-corrected chi connectivity index (χ1v) is 12.1. The molecule has 0 aliphatic heterocycles. The Labute approximate surface area is 226 Å². The number of carboxylic acids is 1. The summed E-state index contributed by atoms with van der Waals surface area (Å²) >= 11 is 0. The number of nitrogens with one attached hydrogen (secondary N) is 1. The van der Waals surface area contributed by atoms with Gasteiger partial charge in [0, 0.05) is 30.7 Å². The highest BCUT2D eigenvalue weighted by Gasteiger charge is 2.43. The number of ether oxygens (including phenoxy) is 1. The summed E-state index contributed by atoms with van der Waals surface area (Å²) in [5.74, 6) is -4.70. The summed E-state index contributed by atoms with van der Waals surface area (Å²) in [6.45, 7) is -0.615. The fraction of sp³-hybridized carbons (Fsp3) is 0.214. The van der Waals surface area contributed by atoms with Gasteiger partial charge in [-0.2, -0.15) is 13.2 Å². The first-order valence-electron chi connectivity index (χ1n) is 12.1. The van der Waals surface area contributed by atoms with Gasteiger partial charge in [0.1, 0.15) is 6.04 Å². The number of esters is 1. The first-order chi connectivity index (χ1) is 19.1. The number of aromatic nitrogens is 3. The van der Waals surface area contributed by atoms with Crippen LogP contribution in [0.4, 0.5) is 13.2 Å². The molecule has 0 fully saturated rings.